The molecule has 1 aliphatic rings. The normalized spacial score (nSPS) is 18.5. The molecular weight excluding hydrogens is 406 g/mol. The fourth-order valence-corrected chi connectivity index (χ4v) is 4.22. The fraction of sp³-hybridized carbons (Fsp3) is 0.269. The first-order valence-corrected chi connectivity index (χ1v) is 10.7. The van der Waals surface area contributed by atoms with E-state index in [0.717, 1.165) is 11.1 Å². The van der Waals surface area contributed by atoms with Gasteiger partial charge in [0, 0.05) is 29.8 Å². The van der Waals surface area contributed by atoms with Crippen molar-refractivity contribution in [3.8, 4) is 5.75 Å². The van der Waals surface area contributed by atoms with Gasteiger partial charge < -0.3 is 24.6 Å². The van der Waals surface area contributed by atoms with Crippen LogP contribution in [0, 0.1) is 0 Å². The number of aliphatic hydroxyl groups excluding tert-OH is 2. The first-order chi connectivity index (χ1) is 15.6. The Bertz CT molecular complexity index is 1050. The van der Waals surface area contributed by atoms with E-state index in [1.807, 2.05) is 48.5 Å². The van der Waals surface area contributed by atoms with E-state index >= 15 is 0 Å². The van der Waals surface area contributed by atoms with E-state index in [1.165, 1.54) is 0 Å². The van der Waals surface area contributed by atoms with E-state index in [-0.39, 0.29) is 19.1 Å². The molecule has 4 rings (SSSR count). The summed E-state index contributed by atoms with van der Waals surface area (Å²) < 4.78 is 11.7. The number of amides is 1. The molecule has 0 spiro atoms. The third-order valence-corrected chi connectivity index (χ3v) is 5.80. The van der Waals surface area contributed by atoms with Crippen LogP contribution in [0.25, 0.3) is 0 Å². The highest BCUT2D eigenvalue weighted by Crippen LogP contribution is 2.45. The van der Waals surface area contributed by atoms with Crippen molar-refractivity contribution in [2.75, 3.05) is 26.9 Å². The lowest BCUT2D eigenvalue weighted by Gasteiger charge is -2.40. The van der Waals surface area contributed by atoms with Crippen LogP contribution in [-0.4, -0.2) is 47.9 Å². The molecule has 0 fully saturated rings. The molecule has 0 saturated carbocycles. The van der Waals surface area contributed by atoms with Crippen LogP contribution in [0.15, 0.2) is 78.9 Å². The molecule has 3 aromatic carbocycles. The largest absolute Gasteiger partial charge is 0.497 e. The number of hydrogen-bond donors (Lipinski definition) is 2. The average molecular weight is 434 g/mol. The van der Waals surface area contributed by atoms with E-state index in [9.17, 15) is 15.0 Å². The van der Waals surface area contributed by atoms with E-state index in [4.69, 9.17) is 9.47 Å². The summed E-state index contributed by atoms with van der Waals surface area (Å²) in [5, 5.41) is 20.3. The van der Waals surface area contributed by atoms with Crippen LogP contribution < -0.4 is 4.74 Å². The summed E-state index contributed by atoms with van der Waals surface area (Å²) in [5.41, 5.74) is 1.58. The molecule has 2 atom stereocenters. The molecule has 1 amide bonds. The van der Waals surface area contributed by atoms with Crippen molar-refractivity contribution in [1.82, 2.24) is 4.90 Å². The number of hydrogen-bond acceptors (Lipinski definition) is 5. The predicted molar refractivity (Wildman–Crippen MR) is 120 cm³/mol. The van der Waals surface area contributed by atoms with Gasteiger partial charge in [0.25, 0.3) is 5.91 Å². The zero-order chi connectivity index (χ0) is 22.6. The number of benzene rings is 3. The van der Waals surface area contributed by atoms with Gasteiger partial charge >= 0.3 is 0 Å². The highest BCUT2D eigenvalue weighted by Gasteiger charge is 2.52. The van der Waals surface area contributed by atoms with Crippen molar-refractivity contribution in [2.24, 2.45) is 0 Å². The second kappa shape index (κ2) is 9.53. The minimum atomic E-state index is -1.20. The van der Waals surface area contributed by atoms with Gasteiger partial charge in [-0.2, -0.15) is 0 Å². The number of fused-ring (bicyclic) bond motifs is 1. The van der Waals surface area contributed by atoms with Gasteiger partial charge in [-0.1, -0.05) is 60.7 Å². The summed E-state index contributed by atoms with van der Waals surface area (Å²) in [6.45, 7) is 0.246. The van der Waals surface area contributed by atoms with Crippen LogP contribution in [0.5, 0.6) is 5.75 Å². The molecule has 0 bridgehead atoms. The molecule has 1 aliphatic heterocycles. The molecule has 2 N–H and O–H groups in total. The van der Waals surface area contributed by atoms with E-state index in [2.05, 4.69) is 0 Å². The van der Waals surface area contributed by atoms with Gasteiger partial charge in [0.15, 0.2) is 5.72 Å². The Hall–Kier alpha value is -3.19. The van der Waals surface area contributed by atoms with Crippen molar-refractivity contribution < 1.29 is 24.5 Å². The number of ether oxygens (including phenoxy) is 2. The zero-order valence-electron chi connectivity index (χ0n) is 18.0. The van der Waals surface area contributed by atoms with E-state index in [0.29, 0.717) is 29.8 Å². The lowest BCUT2D eigenvalue weighted by Crippen LogP contribution is -2.48. The Morgan fingerprint density at radius 1 is 0.969 bits per heavy atom. The van der Waals surface area contributed by atoms with Gasteiger partial charge in [-0.15, -0.1) is 0 Å². The first-order valence-electron chi connectivity index (χ1n) is 10.7. The van der Waals surface area contributed by atoms with Crippen molar-refractivity contribution in [3.63, 3.8) is 0 Å². The summed E-state index contributed by atoms with van der Waals surface area (Å²) >= 11 is 0. The third kappa shape index (κ3) is 3.88. The van der Waals surface area contributed by atoms with Gasteiger partial charge in [-0.3, -0.25) is 4.79 Å². The molecule has 166 valence electrons. The SMILES string of the molecule is COc1ccc(C(O)COC2(c3ccccc3)c3ccccc3C(=O)N2CCCO)cc1. The van der Waals surface area contributed by atoms with Crippen molar-refractivity contribution in [2.45, 2.75) is 18.2 Å². The quantitative estimate of drug-likeness (QED) is 0.540. The Labute approximate surface area is 187 Å². The minimum absolute atomic E-state index is 0.0293. The van der Waals surface area contributed by atoms with Gasteiger partial charge in [0.05, 0.1) is 13.7 Å². The molecule has 32 heavy (non-hydrogen) atoms. The molecule has 3 aromatic rings. The topological polar surface area (TPSA) is 79.2 Å². The lowest BCUT2D eigenvalue weighted by molar-refractivity contribution is -0.131. The van der Waals surface area contributed by atoms with E-state index < -0.39 is 11.8 Å². The lowest BCUT2D eigenvalue weighted by atomic mass is 9.93. The third-order valence-electron chi connectivity index (χ3n) is 5.80. The molecule has 6 nitrogen and oxygen atoms in total. The Kier molecular flexibility index (Phi) is 6.55. The van der Waals surface area contributed by atoms with Crippen molar-refractivity contribution >= 4 is 5.91 Å². The van der Waals surface area contributed by atoms with Crippen LogP contribution in [0.4, 0.5) is 0 Å². The van der Waals surface area contributed by atoms with Crippen molar-refractivity contribution in [1.29, 1.82) is 0 Å². The molecule has 0 aromatic heterocycles. The number of carbonyl (C=O) groups is 1. The number of methoxy groups -OCH3 is 1. The number of nitrogens with zero attached hydrogens (tertiary/aromatic N) is 1. The Morgan fingerprint density at radius 3 is 2.34 bits per heavy atom. The molecule has 1 heterocycles. The van der Waals surface area contributed by atoms with E-state index in [1.54, 1.807) is 42.3 Å². The van der Waals surface area contributed by atoms with Crippen molar-refractivity contribution in [3.05, 3.63) is 101 Å². The maximum absolute atomic E-state index is 13.4. The van der Waals surface area contributed by atoms with Crippen LogP contribution >= 0.6 is 0 Å². The molecule has 0 aliphatic carbocycles. The van der Waals surface area contributed by atoms with Crippen LogP contribution in [-0.2, 0) is 10.5 Å². The Morgan fingerprint density at radius 2 is 1.66 bits per heavy atom. The molecular formula is C26H27NO5. The summed E-state index contributed by atoms with van der Waals surface area (Å²) in [6.07, 6.45) is -0.484. The summed E-state index contributed by atoms with van der Waals surface area (Å²) in [7, 11) is 1.59. The van der Waals surface area contributed by atoms with Gasteiger partial charge in [-0.05, 0) is 30.2 Å². The summed E-state index contributed by atoms with van der Waals surface area (Å²) in [4.78, 5) is 15.0. The molecule has 0 saturated heterocycles. The maximum atomic E-state index is 13.4. The Balaban J connectivity index is 1.74. The fourth-order valence-electron chi connectivity index (χ4n) is 4.22. The molecule has 2 unspecified atom stereocenters. The second-order valence-corrected chi connectivity index (χ2v) is 7.69. The standard InChI is InChI=1S/C26H27NO5/c1-31-21-14-12-19(13-15-21)24(29)18-32-26(20-8-3-2-4-9-20)23-11-6-5-10-22(23)25(30)27(26)16-7-17-28/h2-6,8-15,24,28-29H,7,16-18H2,1H3. The van der Waals surface area contributed by atoms with Crippen LogP contribution in [0.3, 0.4) is 0 Å². The second-order valence-electron chi connectivity index (χ2n) is 7.69. The monoisotopic (exact) mass is 433 g/mol. The summed E-state index contributed by atoms with van der Waals surface area (Å²) in [5.74, 6) is 0.546. The highest BCUT2D eigenvalue weighted by atomic mass is 16.5. The van der Waals surface area contributed by atoms with Crippen LogP contribution in [0.2, 0.25) is 0 Å². The minimum Gasteiger partial charge on any atom is -0.497 e. The number of aliphatic hydroxyl groups is 2. The molecule has 6 heteroatoms. The van der Waals surface area contributed by atoms with Gasteiger partial charge in [0.1, 0.15) is 11.9 Å². The van der Waals surface area contributed by atoms with Gasteiger partial charge in [-0.25, -0.2) is 0 Å². The maximum Gasteiger partial charge on any atom is 0.257 e. The highest BCUT2D eigenvalue weighted by molar-refractivity contribution is 6.00. The first kappa shape index (κ1) is 22.0. The van der Waals surface area contributed by atoms with Gasteiger partial charge in [0.2, 0.25) is 0 Å². The number of carbonyl (C=O) groups excluding carboxylic acids is 1. The average Bonchev–Trinajstić information content (AvgIpc) is 3.10. The number of rotatable bonds is 9. The predicted octanol–water partition coefficient (Wildman–Crippen LogP) is 3.48. The smallest absolute Gasteiger partial charge is 0.257 e. The molecule has 0 radical (unpaired) electrons. The zero-order valence-corrected chi connectivity index (χ0v) is 18.0. The van der Waals surface area contributed by atoms with Crippen LogP contribution in [0.1, 0.15) is 39.6 Å². The summed E-state index contributed by atoms with van der Waals surface area (Å²) in [6, 6.07) is 24.1.